The third-order valence-corrected chi connectivity index (χ3v) is 6.87. The van der Waals surface area contributed by atoms with Gasteiger partial charge in [0.05, 0.1) is 39.2 Å². The van der Waals surface area contributed by atoms with Crippen LogP contribution in [0.4, 0.5) is 8.78 Å². The third-order valence-electron chi connectivity index (χ3n) is 6.26. The second-order valence-electron chi connectivity index (χ2n) is 7.92. The van der Waals surface area contributed by atoms with Gasteiger partial charge in [-0.3, -0.25) is 4.79 Å². The third kappa shape index (κ3) is 2.67. The zero-order chi connectivity index (χ0) is 21.3. The summed E-state index contributed by atoms with van der Waals surface area (Å²) < 4.78 is 28.4. The maximum Gasteiger partial charge on any atom is 0.257 e. The van der Waals surface area contributed by atoms with Crippen LogP contribution in [-0.2, 0) is 5.54 Å². The van der Waals surface area contributed by atoms with Crippen molar-refractivity contribution in [3.63, 3.8) is 0 Å². The van der Waals surface area contributed by atoms with Crippen molar-refractivity contribution in [3.8, 4) is 5.69 Å². The summed E-state index contributed by atoms with van der Waals surface area (Å²) in [5, 5.41) is 8.18. The van der Waals surface area contributed by atoms with E-state index in [1.54, 1.807) is 11.0 Å². The van der Waals surface area contributed by atoms with Gasteiger partial charge in [-0.1, -0.05) is 0 Å². The van der Waals surface area contributed by atoms with Gasteiger partial charge in [-0.05, 0) is 59.0 Å². The summed E-state index contributed by atoms with van der Waals surface area (Å²) in [6, 6.07) is 7.00. The number of fused-ring (bicyclic) bond motifs is 2. The minimum atomic E-state index is -0.597. The van der Waals surface area contributed by atoms with Crippen LogP contribution in [0.3, 0.4) is 0 Å². The molecule has 4 aromatic rings. The number of imidazole rings is 1. The number of amides is 1. The van der Waals surface area contributed by atoms with E-state index in [2.05, 4.69) is 36.1 Å². The van der Waals surface area contributed by atoms with Crippen LogP contribution in [0, 0.1) is 17.6 Å². The molecule has 0 radical (unpaired) electrons. The molecule has 2 aliphatic rings. The monoisotopic (exact) mass is 484 g/mol. The number of hydrogen-bond acceptors (Lipinski definition) is 4. The van der Waals surface area contributed by atoms with Crippen molar-refractivity contribution < 1.29 is 13.6 Å². The maximum atomic E-state index is 14.1. The summed E-state index contributed by atoms with van der Waals surface area (Å²) >= 11 is 3.20. The second-order valence-corrected chi connectivity index (χ2v) is 8.77. The van der Waals surface area contributed by atoms with Crippen LogP contribution < -0.4 is 0 Å². The number of H-pyrrole nitrogens is 1. The van der Waals surface area contributed by atoms with Crippen LogP contribution in [0.1, 0.15) is 29.0 Å². The SMILES string of the molecule is O=C(c1cc(F)ccc1-n1nccn1)N1CC[C@@H]2C[C@@]21c1nc2cc(F)c(Br)cc2[nH]1. The molecule has 2 aromatic heterocycles. The van der Waals surface area contributed by atoms with Crippen molar-refractivity contribution >= 4 is 32.9 Å². The van der Waals surface area contributed by atoms with E-state index < -0.39 is 17.2 Å². The Bertz CT molecular complexity index is 1310. The van der Waals surface area contributed by atoms with Crippen molar-refractivity contribution in [3.05, 3.63) is 70.2 Å². The molecule has 1 saturated carbocycles. The Balaban J connectivity index is 1.44. The highest BCUT2D eigenvalue weighted by Gasteiger charge is 2.66. The minimum Gasteiger partial charge on any atom is -0.340 e. The largest absolute Gasteiger partial charge is 0.340 e. The van der Waals surface area contributed by atoms with E-state index in [0.29, 0.717) is 33.6 Å². The van der Waals surface area contributed by atoms with Gasteiger partial charge < -0.3 is 9.88 Å². The lowest BCUT2D eigenvalue weighted by Crippen LogP contribution is -2.39. The fraction of sp³-hybridized carbons (Fsp3) is 0.238. The lowest BCUT2D eigenvalue weighted by atomic mass is 10.1. The topological polar surface area (TPSA) is 79.7 Å². The van der Waals surface area contributed by atoms with Crippen LogP contribution in [0.15, 0.2) is 47.2 Å². The molecule has 1 N–H and O–H groups in total. The van der Waals surface area contributed by atoms with Gasteiger partial charge in [-0.25, -0.2) is 13.8 Å². The van der Waals surface area contributed by atoms with Gasteiger partial charge in [0.15, 0.2) is 0 Å². The molecule has 1 saturated heterocycles. The number of nitrogens with zero attached hydrogens (tertiary/aromatic N) is 5. The maximum absolute atomic E-state index is 14.1. The molecule has 2 atom stereocenters. The number of halogens is 3. The number of piperidine rings is 1. The molecular formula is C21H15BrF2N6O. The molecule has 156 valence electrons. The van der Waals surface area contributed by atoms with Crippen LogP contribution in [-0.4, -0.2) is 42.3 Å². The summed E-state index contributed by atoms with van der Waals surface area (Å²) in [6.45, 7) is 0.529. The van der Waals surface area contributed by atoms with E-state index in [1.165, 1.54) is 41.5 Å². The first-order valence-corrected chi connectivity index (χ1v) is 10.6. The smallest absolute Gasteiger partial charge is 0.257 e. The van der Waals surface area contributed by atoms with E-state index in [9.17, 15) is 13.6 Å². The second kappa shape index (κ2) is 6.43. The standard InChI is InChI=1S/C21H15BrF2N6O/c22-14-8-16-17(9-15(14)24)28-20(27-16)21-10-11(21)3-6-29(21)19(31)13-7-12(23)1-2-18(13)30-25-4-5-26-30/h1-2,4-5,7-9,11H,3,6,10H2,(H,27,28)/t11-,21+/m1/s1. The Morgan fingerprint density at radius 1 is 1.19 bits per heavy atom. The molecule has 2 fully saturated rings. The van der Waals surface area contributed by atoms with Crippen LogP contribution in [0.5, 0.6) is 0 Å². The first kappa shape index (κ1) is 18.6. The molecule has 0 spiro atoms. The zero-order valence-corrected chi connectivity index (χ0v) is 17.6. The van der Waals surface area contributed by atoms with Crippen molar-refractivity contribution in [2.75, 3.05) is 6.54 Å². The van der Waals surface area contributed by atoms with Crippen LogP contribution >= 0.6 is 15.9 Å². The van der Waals surface area contributed by atoms with Crippen molar-refractivity contribution in [2.24, 2.45) is 5.92 Å². The Labute approximate surface area is 183 Å². The van der Waals surface area contributed by atoms with E-state index in [1.807, 2.05) is 0 Å². The lowest BCUT2D eigenvalue weighted by molar-refractivity contribution is 0.0680. The molecule has 1 amide bonds. The average molecular weight is 485 g/mol. The molecule has 0 bridgehead atoms. The fourth-order valence-electron chi connectivity index (χ4n) is 4.72. The zero-order valence-electron chi connectivity index (χ0n) is 16.0. The molecule has 1 aliphatic carbocycles. The van der Waals surface area contributed by atoms with Gasteiger partial charge in [-0.15, -0.1) is 0 Å². The van der Waals surface area contributed by atoms with Crippen molar-refractivity contribution in [2.45, 2.75) is 18.4 Å². The molecule has 31 heavy (non-hydrogen) atoms. The van der Waals surface area contributed by atoms with Crippen LogP contribution in [0.2, 0.25) is 0 Å². The fourth-order valence-corrected chi connectivity index (χ4v) is 5.07. The summed E-state index contributed by atoms with van der Waals surface area (Å²) in [5.41, 5.74) is 1.19. The average Bonchev–Trinajstić information content (AvgIpc) is 3.16. The first-order valence-electron chi connectivity index (χ1n) is 9.81. The highest BCUT2D eigenvalue weighted by molar-refractivity contribution is 9.10. The van der Waals surface area contributed by atoms with Gasteiger partial charge in [0.25, 0.3) is 5.91 Å². The van der Waals surface area contributed by atoms with Crippen molar-refractivity contribution in [1.29, 1.82) is 0 Å². The minimum absolute atomic E-state index is 0.188. The molecule has 10 heteroatoms. The van der Waals surface area contributed by atoms with Crippen LogP contribution in [0.25, 0.3) is 16.7 Å². The van der Waals surface area contributed by atoms with E-state index >= 15 is 0 Å². The summed E-state index contributed by atoms with van der Waals surface area (Å²) in [5.74, 6) is -0.328. The van der Waals surface area contributed by atoms with Gasteiger partial charge >= 0.3 is 0 Å². The number of carbonyl (C=O) groups is 1. The molecular weight excluding hydrogens is 470 g/mol. The first-order chi connectivity index (χ1) is 15.0. The highest BCUT2D eigenvalue weighted by Crippen LogP contribution is 2.62. The predicted octanol–water partition coefficient (Wildman–Crippen LogP) is 3.95. The molecule has 7 nitrogen and oxygen atoms in total. The molecule has 2 aromatic carbocycles. The van der Waals surface area contributed by atoms with Gasteiger partial charge in [0, 0.05) is 12.6 Å². The van der Waals surface area contributed by atoms with Crippen molar-refractivity contribution in [1.82, 2.24) is 29.9 Å². The number of aromatic amines is 1. The predicted molar refractivity (Wildman–Crippen MR) is 111 cm³/mol. The lowest BCUT2D eigenvalue weighted by Gasteiger charge is -2.27. The summed E-state index contributed by atoms with van der Waals surface area (Å²) in [7, 11) is 0. The van der Waals surface area contributed by atoms with E-state index in [0.717, 1.165) is 12.8 Å². The number of carbonyl (C=O) groups excluding carboxylic acids is 1. The highest BCUT2D eigenvalue weighted by atomic mass is 79.9. The summed E-state index contributed by atoms with van der Waals surface area (Å²) in [4.78, 5) is 24.6. The number of rotatable bonds is 3. The molecule has 0 unspecified atom stereocenters. The molecule has 3 heterocycles. The van der Waals surface area contributed by atoms with Gasteiger partial charge in [-0.2, -0.15) is 15.0 Å². The normalized spacial score (nSPS) is 22.2. The Hall–Kier alpha value is -3.14. The van der Waals surface area contributed by atoms with Gasteiger partial charge in [0.1, 0.15) is 23.0 Å². The molecule has 6 rings (SSSR count). The Morgan fingerprint density at radius 2 is 2.00 bits per heavy atom. The summed E-state index contributed by atoms with van der Waals surface area (Å²) in [6.07, 6.45) is 4.58. The number of benzene rings is 2. The van der Waals surface area contributed by atoms with Gasteiger partial charge in [0.2, 0.25) is 0 Å². The molecule has 1 aliphatic heterocycles. The quantitative estimate of drug-likeness (QED) is 0.477. The Kier molecular flexibility index (Phi) is 3.86. The Morgan fingerprint density at radius 3 is 2.77 bits per heavy atom. The number of aromatic nitrogens is 5. The number of likely N-dealkylation sites (tertiary alicyclic amines) is 1. The number of hydrogen-bond donors (Lipinski definition) is 1. The number of nitrogens with one attached hydrogen (secondary N) is 1. The van der Waals surface area contributed by atoms with E-state index in [-0.39, 0.29) is 17.4 Å². The van der Waals surface area contributed by atoms with E-state index in [4.69, 9.17) is 0 Å².